The summed E-state index contributed by atoms with van der Waals surface area (Å²) in [5, 5.41) is 2.69. The van der Waals surface area contributed by atoms with Gasteiger partial charge in [0.1, 0.15) is 6.04 Å². The molecule has 2 rings (SSSR count). The first kappa shape index (κ1) is 18.9. The molecule has 0 saturated carbocycles. The first-order valence-corrected chi connectivity index (χ1v) is 10.4. The number of amides is 2. The first-order chi connectivity index (χ1) is 11.3. The van der Waals surface area contributed by atoms with Gasteiger partial charge < -0.3 is 10.2 Å². The molecule has 8 heteroatoms. The number of halogens is 1. The lowest BCUT2D eigenvalue weighted by Crippen LogP contribution is -2.51. The van der Waals surface area contributed by atoms with E-state index in [4.69, 9.17) is 0 Å². The van der Waals surface area contributed by atoms with Crippen molar-refractivity contribution in [1.29, 1.82) is 0 Å². The molecule has 1 N–H and O–H groups in total. The minimum absolute atomic E-state index is 0.0125. The summed E-state index contributed by atoms with van der Waals surface area (Å²) >= 11 is 3.44. The first-order valence-electron chi connectivity index (χ1n) is 7.80. The molecule has 1 aromatic carbocycles. The van der Waals surface area contributed by atoms with Gasteiger partial charge in [0.05, 0.1) is 11.5 Å². The highest BCUT2D eigenvalue weighted by Gasteiger charge is 2.28. The van der Waals surface area contributed by atoms with Crippen LogP contribution in [0.3, 0.4) is 0 Å². The number of hydrogen-bond acceptors (Lipinski definition) is 4. The molecule has 1 aliphatic rings. The molecule has 1 aromatic rings. The van der Waals surface area contributed by atoms with E-state index in [0.717, 1.165) is 10.0 Å². The van der Waals surface area contributed by atoms with Crippen molar-refractivity contribution in [3.63, 3.8) is 0 Å². The lowest BCUT2D eigenvalue weighted by molar-refractivity contribution is -0.135. The largest absolute Gasteiger partial charge is 0.345 e. The summed E-state index contributed by atoms with van der Waals surface area (Å²) in [5.74, 6) is -0.460. The van der Waals surface area contributed by atoms with Crippen molar-refractivity contribution < 1.29 is 18.0 Å². The second-order valence-corrected chi connectivity index (χ2v) is 9.02. The predicted molar refractivity (Wildman–Crippen MR) is 95.3 cm³/mol. The molecular formula is C16H21BrN2O4S. The van der Waals surface area contributed by atoms with Gasteiger partial charge in [0.25, 0.3) is 0 Å². The number of aryl methyl sites for hydroxylation is 1. The fourth-order valence-corrected chi connectivity index (χ4v) is 4.22. The Bertz CT molecular complexity index is 707. The van der Waals surface area contributed by atoms with Gasteiger partial charge >= 0.3 is 0 Å². The van der Waals surface area contributed by atoms with Crippen LogP contribution in [0.15, 0.2) is 28.7 Å². The van der Waals surface area contributed by atoms with Gasteiger partial charge in [-0.2, -0.15) is 0 Å². The molecule has 1 heterocycles. The number of sulfone groups is 1. The smallest absolute Gasteiger partial charge is 0.244 e. The van der Waals surface area contributed by atoms with Crippen LogP contribution in [0.5, 0.6) is 0 Å². The molecular weight excluding hydrogens is 396 g/mol. The molecule has 1 unspecified atom stereocenters. The second-order valence-electron chi connectivity index (χ2n) is 5.86. The summed E-state index contributed by atoms with van der Waals surface area (Å²) in [6, 6.07) is 7.03. The van der Waals surface area contributed by atoms with Gasteiger partial charge in [-0.15, -0.1) is 0 Å². The van der Waals surface area contributed by atoms with Crippen LogP contribution in [0.1, 0.15) is 18.9 Å². The maximum absolute atomic E-state index is 12.3. The Balaban J connectivity index is 1.81. The minimum Gasteiger partial charge on any atom is -0.345 e. The Morgan fingerprint density at radius 3 is 2.50 bits per heavy atom. The third-order valence-electron chi connectivity index (χ3n) is 3.98. The van der Waals surface area contributed by atoms with Crippen molar-refractivity contribution in [3.05, 3.63) is 34.3 Å². The third kappa shape index (κ3) is 5.31. The van der Waals surface area contributed by atoms with Gasteiger partial charge in [0.15, 0.2) is 9.84 Å². The van der Waals surface area contributed by atoms with E-state index in [1.165, 1.54) is 4.90 Å². The fraction of sp³-hybridized carbons (Fsp3) is 0.500. The molecule has 2 amide bonds. The molecule has 0 aromatic heterocycles. The van der Waals surface area contributed by atoms with Crippen LogP contribution < -0.4 is 5.32 Å². The second kappa shape index (κ2) is 8.11. The number of nitrogens with zero attached hydrogens (tertiary/aromatic N) is 1. The van der Waals surface area contributed by atoms with Gasteiger partial charge in [0.2, 0.25) is 11.8 Å². The molecule has 0 aliphatic carbocycles. The van der Waals surface area contributed by atoms with Gasteiger partial charge in [-0.05, 0) is 25.0 Å². The number of carbonyl (C=O) groups is 2. The Labute approximate surface area is 150 Å². The average Bonchev–Trinajstić information content (AvgIpc) is 2.53. The maximum Gasteiger partial charge on any atom is 0.244 e. The van der Waals surface area contributed by atoms with Gasteiger partial charge in [-0.3, -0.25) is 9.59 Å². The Morgan fingerprint density at radius 1 is 1.25 bits per heavy atom. The topological polar surface area (TPSA) is 83.6 Å². The number of benzene rings is 1. The summed E-state index contributed by atoms with van der Waals surface area (Å²) < 4.78 is 23.8. The zero-order chi connectivity index (χ0) is 17.7. The molecule has 6 nitrogen and oxygen atoms in total. The number of hydrogen-bond donors (Lipinski definition) is 1. The van der Waals surface area contributed by atoms with Crippen molar-refractivity contribution >= 4 is 37.6 Å². The SMILES string of the molecule is CC(NC(=O)CCc1ccccc1Br)C(=O)N1CCS(=O)(=O)CC1. The molecule has 1 fully saturated rings. The van der Waals surface area contributed by atoms with Crippen molar-refractivity contribution in [2.24, 2.45) is 0 Å². The zero-order valence-corrected chi connectivity index (χ0v) is 15.9. The summed E-state index contributed by atoms with van der Waals surface area (Å²) in [4.78, 5) is 25.8. The van der Waals surface area contributed by atoms with Gasteiger partial charge in [-0.25, -0.2) is 8.42 Å². The van der Waals surface area contributed by atoms with Crippen molar-refractivity contribution in [2.75, 3.05) is 24.6 Å². The maximum atomic E-state index is 12.3. The monoisotopic (exact) mass is 416 g/mol. The van der Waals surface area contributed by atoms with E-state index in [9.17, 15) is 18.0 Å². The molecule has 0 radical (unpaired) electrons. The number of carbonyl (C=O) groups excluding carboxylic acids is 2. The molecule has 1 aliphatic heterocycles. The number of nitrogens with one attached hydrogen (secondary N) is 1. The predicted octanol–water partition coefficient (Wildman–Crippen LogP) is 1.14. The van der Waals surface area contributed by atoms with Crippen molar-refractivity contribution in [3.8, 4) is 0 Å². The lowest BCUT2D eigenvalue weighted by Gasteiger charge is -2.29. The van der Waals surface area contributed by atoms with Gasteiger partial charge in [0, 0.05) is 24.0 Å². The van der Waals surface area contributed by atoms with Crippen LogP contribution in [0.25, 0.3) is 0 Å². The van der Waals surface area contributed by atoms with E-state index in [0.29, 0.717) is 6.42 Å². The summed E-state index contributed by atoms with van der Waals surface area (Å²) in [7, 11) is -3.03. The van der Waals surface area contributed by atoms with E-state index in [1.807, 2.05) is 24.3 Å². The lowest BCUT2D eigenvalue weighted by atomic mass is 10.1. The normalized spacial score (nSPS) is 18.0. The molecule has 132 valence electrons. The quantitative estimate of drug-likeness (QED) is 0.779. The molecule has 1 saturated heterocycles. The summed E-state index contributed by atoms with van der Waals surface area (Å²) in [5.41, 5.74) is 1.04. The van der Waals surface area contributed by atoms with Gasteiger partial charge in [-0.1, -0.05) is 34.1 Å². The summed E-state index contributed by atoms with van der Waals surface area (Å²) in [6.07, 6.45) is 0.866. The van der Waals surface area contributed by atoms with Crippen molar-refractivity contribution in [1.82, 2.24) is 10.2 Å². The zero-order valence-electron chi connectivity index (χ0n) is 13.5. The highest BCUT2D eigenvalue weighted by molar-refractivity contribution is 9.10. The van der Waals surface area contributed by atoms with E-state index < -0.39 is 15.9 Å². The van der Waals surface area contributed by atoms with E-state index in [2.05, 4.69) is 21.2 Å². The highest BCUT2D eigenvalue weighted by Crippen LogP contribution is 2.17. The fourth-order valence-electron chi connectivity index (χ4n) is 2.53. The van der Waals surface area contributed by atoms with E-state index in [-0.39, 0.29) is 42.8 Å². The average molecular weight is 417 g/mol. The molecule has 1 atom stereocenters. The number of rotatable bonds is 5. The van der Waals surface area contributed by atoms with Crippen LogP contribution >= 0.6 is 15.9 Å². The standard InChI is InChI=1S/C16H21BrN2O4S/c1-12(16(21)19-8-10-24(22,23)11-9-19)18-15(20)7-6-13-4-2-3-5-14(13)17/h2-5,12H,6-11H2,1H3,(H,18,20). The molecule has 24 heavy (non-hydrogen) atoms. The van der Waals surface area contributed by atoms with E-state index in [1.54, 1.807) is 6.92 Å². The van der Waals surface area contributed by atoms with Crippen LogP contribution in [0.4, 0.5) is 0 Å². The Kier molecular flexibility index (Phi) is 6.40. The molecule has 0 bridgehead atoms. The Hall–Kier alpha value is -1.41. The van der Waals surface area contributed by atoms with Crippen molar-refractivity contribution in [2.45, 2.75) is 25.8 Å². The molecule has 0 spiro atoms. The van der Waals surface area contributed by atoms with E-state index >= 15 is 0 Å². The van der Waals surface area contributed by atoms with Crippen LogP contribution in [0, 0.1) is 0 Å². The van der Waals surface area contributed by atoms with Crippen LogP contribution in [-0.2, 0) is 25.8 Å². The highest BCUT2D eigenvalue weighted by atomic mass is 79.9. The third-order valence-corrected chi connectivity index (χ3v) is 6.37. The minimum atomic E-state index is -3.03. The Morgan fingerprint density at radius 2 is 1.88 bits per heavy atom. The van der Waals surface area contributed by atoms with Crippen LogP contribution in [0.2, 0.25) is 0 Å². The van der Waals surface area contributed by atoms with Crippen LogP contribution in [-0.4, -0.2) is 55.8 Å². The summed E-state index contributed by atoms with van der Waals surface area (Å²) in [6.45, 7) is 2.01.